The van der Waals surface area contributed by atoms with Gasteiger partial charge >= 0.3 is 6.15 Å². The molecule has 0 radical (unpaired) electrons. The lowest BCUT2D eigenvalue weighted by molar-refractivity contribution is -0.191. The quantitative estimate of drug-likeness (QED) is 0.834. The highest BCUT2D eigenvalue weighted by Gasteiger charge is 2.04. The second-order valence-corrected chi connectivity index (χ2v) is 4.90. The predicted octanol–water partition coefficient (Wildman–Crippen LogP) is 3.52. The first-order valence-corrected chi connectivity index (χ1v) is 5.35. The van der Waals surface area contributed by atoms with Gasteiger partial charge < -0.3 is 5.11 Å². The first kappa shape index (κ1) is 15.4. The molecule has 0 amide bonds. The van der Waals surface area contributed by atoms with E-state index < -0.39 is 0 Å². The van der Waals surface area contributed by atoms with Gasteiger partial charge in [-0.05, 0) is 29.2 Å². The lowest BCUT2D eigenvalue weighted by Crippen LogP contribution is -1.97. The Morgan fingerprint density at radius 2 is 1.82 bits per heavy atom. The molecule has 1 rings (SSSR count). The summed E-state index contributed by atoms with van der Waals surface area (Å²) in [5.74, 6) is 0.197. The summed E-state index contributed by atoms with van der Waals surface area (Å²) in [7, 11) is 0. The normalized spacial score (nSPS) is 10.6. The van der Waals surface area contributed by atoms with Crippen LogP contribution < -0.4 is 0 Å². The maximum Gasteiger partial charge on any atom is 0.373 e. The molecule has 1 aromatic rings. The van der Waals surface area contributed by atoms with Gasteiger partial charge in [-0.25, -0.2) is 0 Å². The van der Waals surface area contributed by atoms with Crippen molar-refractivity contribution in [1.29, 1.82) is 0 Å². The minimum absolute atomic E-state index is 0.140. The van der Waals surface area contributed by atoms with Gasteiger partial charge in [0, 0.05) is 0 Å². The first-order valence-electron chi connectivity index (χ1n) is 4.97. The van der Waals surface area contributed by atoms with E-state index >= 15 is 0 Å². The minimum atomic E-state index is 0.140. The Hall–Kier alpha value is -1.57. The monoisotopic (exact) mass is 254 g/mol. The van der Waals surface area contributed by atoms with Crippen molar-refractivity contribution < 1.29 is 14.7 Å². The molecule has 1 N–H and O–H groups in total. The van der Waals surface area contributed by atoms with Crippen LogP contribution in [0.5, 0.6) is 5.75 Å². The Bertz CT molecular complexity index is 425. The van der Waals surface area contributed by atoms with Crippen molar-refractivity contribution in [1.82, 2.24) is 0 Å². The minimum Gasteiger partial charge on any atom is -0.508 e. The van der Waals surface area contributed by atoms with Crippen LogP contribution in [0.25, 0.3) is 6.08 Å². The van der Waals surface area contributed by atoms with E-state index in [1.165, 1.54) is 0 Å². The van der Waals surface area contributed by atoms with Gasteiger partial charge in [-0.1, -0.05) is 44.5 Å². The van der Waals surface area contributed by atoms with Gasteiger partial charge in [-0.3, -0.25) is 0 Å². The second-order valence-electron chi connectivity index (χ2n) is 4.49. The number of rotatable bonds is 1. The molecule has 17 heavy (non-hydrogen) atoms. The molecular weight excluding hydrogens is 240 g/mol. The summed E-state index contributed by atoms with van der Waals surface area (Å²) >= 11 is 5.95. The van der Waals surface area contributed by atoms with Crippen LogP contribution in [0.15, 0.2) is 24.3 Å². The maximum absolute atomic E-state index is 9.16. The molecule has 0 saturated carbocycles. The van der Waals surface area contributed by atoms with Crippen LogP contribution in [0.2, 0.25) is 5.02 Å². The van der Waals surface area contributed by atoms with Crippen LogP contribution >= 0.6 is 11.6 Å². The topological polar surface area (TPSA) is 54.4 Å². The van der Waals surface area contributed by atoms with Crippen molar-refractivity contribution in [3.8, 4) is 5.75 Å². The fourth-order valence-corrected chi connectivity index (χ4v) is 1.23. The molecule has 0 bridgehead atoms. The van der Waals surface area contributed by atoms with Crippen molar-refractivity contribution in [2.24, 2.45) is 5.41 Å². The molecule has 0 aliphatic rings. The summed E-state index contributed by atoms with van der Waals surface area (Å²) < 4.78 is 0. The fraction of sp³-hybridized carbons (Fsp3) is 0.308. The van der Waals surface area contributed by atoms with Gasteiger partial charge in [-0.2, -0.15) is 9.59 Å². The van der Waals surface area contributed by atoms with Gasteiger partial charge in [0.1, 0.15) is 5.75 Å². The third-order valence-electron chi connectivity index (χ3n) is 1.75. The van der Waals surface area contributed by atoms with Crippen molar-refractivity contribution in [3.05, 3.63) is 34.9 Å². The number of allylic oxidation sites excluding steroid dienone is 1. The molecule has 0 spiro atoms. The molecule has 0 aromatic heterocycles. The maximum atomic E-state index is 9.16. The zero-order valence-electron chi connectivity index (χ0n) is 10.0. The summed E-state index contributed by atoms with van der Waals surface area (Å²) in [5.41, 5.74) is 1.07. The standard InChI is InChI=1S/C12H15ClO.CO2/c1-12(2,3)7-6-9-4-5-10(14)8-11(9)13;2-1-3/h4-8,14H,1-3H3;/b7-6+;. The van der Waals surface area contributed by atoms with E-state index in [-0.39, 0.29) is 17.3 Å². The highest BCUT2D eigenvalue weighted by Crippen LogP contribution is 2.24. The van der Waals surface area contributed by atoms with E-state index in [1.807, 2.05) is 6.08 Å². The lowest BCUT2D eigenvalue weighted by atomic mass is 9.95. The van der Waals surface area contributed by atoms with E-state index in [9.17, 15) is 0 Å². The van der Waals surface area contributed by atoms with Crippen LogP contribution in [0, 0.1) is 5.41 Å². The molecule has 0 aliphatic carbocycles. The Labute approximate surface area is 106 Å². The van der Waals surface area contributed by atoms with Crippen molar-refractivity contribution >= 4 is 23.8 Å². The van der Waals surface area contributed by atoms with E-state index in [0.29, 0.717) is 5.02 Å². The van der Waals surface area contributed by atoms with Crippen LogP contribution in [-0.4, -0.2) is 11.3 Å². The van der Waals surface area contributed by atoms with Gasteiger partial charge in [0.15, 0.2) is 0 Å². The summed E-state index contributed by atoms with van der Waals surface area (Å²) in [6.07, 6.45) is 4.31. The van der Waals surface area contributed by atoms with Gasteiger partial charge in [-0.15, -0.1) is 0 Å². The molecule has 0 aliphatic heterocycles. The number of benzene rings is 1. The molecule has 0 atom stereocenters. The number of hydrogen-bond donors (Lipinski definition) is 1. The molecule has 0 fully saturated rings. The van der Waals surface area contributed by atoms with Gasteiger partial charge in [0.2, 0.25) is 0 Å². The van der Waals surface area contributed by atoms with E-state index in [2.05, 4.69) is 26.8 Å². The SMILES string of the molecule is CC(C)(C)/C=C/c1ccc(O)cc1Cl.O=C=O. The Balaban J connectivity index is 0.000000770. The second kappa shape index (κ2) is 6.89. The highest BCUT2D eigenvalue weighted by atomic mass is 35.5. The fourth-order valence-electron chi connectivity index (χ4n) is 0.991. The molecular formula is C13H15ClO3. The van der Waals surface area contributed by atoms with Crippen LogP contribution in [0.4, 0.5) is 0 Å². The predicted molar refractivity (Wildman–Crippen MR) is 66.6 cm³/mol. The Morgan fingerprint density at radius 1 is 1.29 bits per heavy atom. The Kier molecular flexibility index (Phi) is 6.26. The number of hydrogen-bond acceptors (Lipinski definition) is 3. The average Bonchev–Trinajstić information content (AvgIpc) is 2.16. The third kappa shape index (κ3) is 7.34. The zero-order valence-corrected chi connectivity index (χ0v) is 10.8. The summed E-state index contributed by atoms with van der Waals surface area (Å²) in [5, 5.41) is 9.73. The lowest BCUT2D eigenvalue weighted by Gasteiger charge is -2.11. The molecule has 4 heteroatoms. The van der Waals surface area contributed by atoms with E-state index in [4.69, 9.17) is 26.3 Å². The van der Waals surface area contributed by atoms with Crippen LogP contribution in [0.1, 0.15) is 26.3 Å². The van der Waals surface area contributed by atoms with Crippen LogP contribution in [0.3, 0.4) is 0 Å². The molecule has 1 aromatic carbocycles. The zero-order chi connectivity index (χ0) is 13.5. The summed E-state index contributed by atoms with van der Waals surface area (Å²) in [6, 6.07) is 4.98. The first-order chi connectivity index (χ1) is 7.80. The van der Waals surface area contributed by atoms with E-state index in [0.717, 1.165) is 5.56 Å². The van der Waals surface area contributed by atoms with Crippen molar-refractivity contribution in [2.45, 2.75) is 20.8 Å². The van der Waals surface area contributed by atoms with Gasteiger partial charge in [0.25, 0.3) is 0 Å². The molecule has 0 saturated heterocycles. The van der Waals surface area contributed by atoms with Crippen molar-refractivity contribution in [2.75, 3.05) is 0 Å². The number of aromatic hydroxyl groups is 1. The molecule has 0 unspecified atom stereocenters. The summed E-state index contributed by atoms with van der Waals surface area (Å²) in [6.45, 7) is 6.37. The third-order valence-corrected chi connectivity index (χ3v) is 2.07. The van der Waals surface area contributed by atoms with E-state index in [1.54, 1.807) is 18.2 Å². The number of carbonyl (C=O) groups excluding carboxylic acids is 2. The average molecular weight is 255 g/mol. The molecule has 0 heterocycles. The van der Waals surface area contributed by atoms with Gasteiger partial charge in [0.05, 0.1) is 5.02 Å². The number of halogens is 1. The number of phenols is 1. The Morgan fingerprint density at radius 3 is 2.24 bits per heavy atom. The number of phenolic OH excluding ortho intramolecular Hbond substituents is 1. The van der Waals surface area contributed by atoms with Crippen LogP contribution in [-0.2, 0) is 9.59 Å². The molecule has 3 nitrogen and oxygen atoms in total. The highest BCUT2D eigenvalue weighted by molar-refractivity contribution is 6.32. The molecule has 92 valence electrons. The largest absolute Gasteiger partial charge is 0.508 e. The smallest absolute Gasteiger partial charge is 0.373 e. The summed E-state index contributed by atoms with van der Waals surface area (Å²) in [4.78, 5) is 16.2. The van der Waals surface area contributed by atoms with Crippen molar-refractivity contribution in [3.63, 3.8) is 0 Å².